The van der Waals surface area contributed by atoms with Gasteiger partial charge in [0.25, 0.3) is 0 Å². The van der Waals surface area contributed by atoms with Crippen molar-refractivity contribution in [3.8, 4) is 0 Å². The SMILES string of the molecule is Cc1cc2c(nc1NC(=O)CC(C)(C)C)CCCN2Cc1nnc(C(F)(F)F)s1. The van der Waals surface area contributed by atoms with Gasteiger partial charge >= 0.3 is 6.18 Å². The number of aryl methyl sites for hydroxylation is 2. The number of nitrogens with one attached hydrogen (secondary N) is 1. The maximum absolute atomic E-state index is 12.8. The van der Waals surface area contributed by atoms with Crippen LogP contribution in [0.4, 0.5) is 24.7 Å². The fourth-order valence-electron chi connectivity index (χ4n) is 3.20. The molecule has 0 bridgehead atoms. The van der Waals surface area contributed by atoms with Crippen molar-refractivity contribution in [2.45, 2.75) is 59.7 Å². The van der Waals surface area contributed by atoms with Crippen molar-refractivity contribution in [1.29, 1.82) is 0 Å². The summed E-state index contributed by atoms with van der Waals surface area (Å²) < 4.78 is 38.3. The van der Waals surface area contributed by atoms with Crippen LogP contribution in [0, 0.1) is 12.3 Å². The minimum Gasteiger partial charge on any atom is -0.363 e. The zero-order valence-electron chi connectivity index (χ0n) is 16.9. The van der Waals surface area contributed by atoms with Crippen molar-refractivity contribution in [3.63, 3.8) is 0 Å². The molecule has 0 aliphatic carbocycles. The van der Waals surface area contributed by atoms with Gasteiger partial charge in [-0.3, -0.25) is 4.79 Å². The maximum atomic E-state index is 12.8. The van der Waals surface area contributed by atoms with Crippen LogP contribution in [-0.2, 0) is 23.9 Å². The zero-order valence-corrected chi connectivity index (χ0v) is 17.7. The van der Waals surface area contributed by atoms with Gasteiger partial charge in [-0.05, 0) is 36.8 Å². The molecule has 0 unspecified atom stereocenters. The zero-order chi connectivity index (χ0) is 21.4. The van der Waals surface area contributed by atoms with Gasteiger partial charge in [0.05, 0.1) is 17.9 Å². The number of nitrogens with zero attached hydrogens (tertiary/aromatic N) is 4. The number of carbonyl (C=O) groups excluding carboxylic acids is 1. The molecule has 158 valence electrons. The highest BCUT2D eigenvalue weighted by Gasteiger charge is 2.36. The number of amides is 1. The summed E-state index contributed by atoms with van der Waals surface area (Å²) in [6.07, 6.45) is -2.52. The Balaban J connectivity index is 1.78. The monoisotopic (exact) mass is 427 g/mol. The molecule has 3 rings (SSSR count). The maximum Gasteiger partial charge on any atom is 0.445 e. The summed E-state index contributed by atoms with van der Waals surface area (Å²) in [5, 5.41) is 9.21. The molecule has 29 heavy (non-hydrogen) atoms. The molecule has 2 aromatic rings. The summed E-state index contributed by atoms with van der Waals surface area (Å²) in [5.41, 5.74) is 2.38. The van der Waals surface area contributed by atoms with Crippen molar-refractivity contribution in [2.24, 2.45) is 5.41 Å². The number of hydrogen-bond donors (Lipinski definition) is 1. The molecule has 10 heteroatoms. The fraction of sp³-hybridized carbons (Fsp3) is 0.579. The molecule has 1 aliphatic rings. The van der Waals surface area contributed by atoms with Gasteiger partial charge in [-0.1, -0.05) is 32.1 Å². The topological polar surface area (TPSA) is 71.0 Å². The van der Waals surface area contributed by atoms with Crippen LogP contribution in [0.2, 0.25) is 0 Å². The standard InChI is InChI=1S/C19H24F3N5OS/c1-11-8-13-12(23-16(11)24-14(28)9-18(2,3)4)6-5-7-27(13)10-15-25-26-17(29-15)19(20,21)22/h8H,5-7,9-10H2,1-4H3,(H,23,24,28). The van der Waals surface area contributed by atoms with E-state index in [0.717, 1.165) is 29.8 Å². The van der Waals surface area contributed by atoms with Crippen LogP contribution < -0.4 is 10.2 Å². The van der Waals surface area contributed by atoms with E-state index in [9.17, 15) is 18.0 Å². The van der Waals surface area contributed by atoms with Gasteiger partial charge < -0.3 is 10.2 Å². The largest absolute Gasteiger partial charge is 0.445 e. The molecule has 0 atom stereocenters. The summed E-state index contributed by atoms with van der Waals surface area (Å²) in [4.78, 5) is 18.9. The Morgan fingerprint density at radius 1 is 1.28 bits per heavy atom. The molecule has 0 saturated carbocycles. The molecule has 1 amide bonds. The van der Waals surface area contributed by atoms with Crippen molar-refractivity contribution < 1.29 is 18.0 Å². The van der Waals surface area contributed by atoms with E-state index in [2.05, 4.69) is 20.5 Å². The van der Waals surface area contributed by atoms with E-state index in [0.29, 0.717) is 35.1 Å². The Kier molecular flexibility index (Phi) is 5.84. The lowest BCUT2D eigenvalue weighted by Crippen LogP contribution is -2.30. The van der Waals surface area contributed by atoms with Crippen molar-refractivity contribution in [3.05, 3.63) is 27.3 Å². The van der Waals surface area contributed by atoms with E-state index in [1.807, 2.05) is 38.7 Å². The van der Waals surface area contributed by atoms with E-state index in [4.69, 9.17) is 0 Å². The van der Waals surface area contributed by atoms with Crippen molar-refractivity contribution in [2.75, 3.05) is 16.8 Å². The van der Waals surface area contributed by atoms with Gasteiger partial charge in [0.1, 0.15) is 10.8 Å². The number of carbonyl (C=O) groups is 1. The smallest absolute Gasteiger partial charge is 0.363 e. The van der Waals surface area contributed by atoms with Crippen LogP contribution in [-0.4, -0.2) is 27.6 Å². The Morgan fingerprint density at radius 2 is 2.00 bits per heavy atom. The highest BCUT2D eigenvalue weighted by Crippen LogP contribution is 2.34. The second-order valence-corrected chi connectivity index (χ2v) is 9.49. The van der Waals surface area contributed by atoms with Gasteiger partial charge in [0, 0.05) is 13.0 Å². The first-order valence-electron chi connectivity index (χ1n) is 9.37. The molecule has 0 aromatic carbocycles. The predicted molar refractivity (Wildman–Crippen MR) is 106 cm³/mol. The highest BCUT2D eigenvalue weighted by molar-refractivity contribution is 7.11. The molecule has 6 nitrogen and oxygen atoms in total. The van der Waals surface area contributed by atoms with Crippen LogP contribution in [0.3, 0.4) is 0 Å². The number of aromatic nitrogens is 3. The second kappa shape index (κ2) is 7.89. The highest BCUT2D eigenvalue weighted by atomic mass is 32.1. The third-order valence-corrected chi connectivity index (χ3v) is 5.39. The van der Waals surface area contributed by atoms with Crippen LogP contribution in [0.1, 0.15) is 54.9 Å². The van der Waals surface area contributed by atoms with Crippen molar-refractivity contribution >= 4 is 28.7 Å². The van der Waals surface area contributed by atoms with Crippen LogP contribution in [0.5, 0.6) is 0 Å². The lowest BCUT2D eigenvalue weighted by Gasteiger charge is -2.30. The number of pyridine rings is 1. The van der Waals surface area contributed by atoms with Gasteiger partial charge in [-0.25, -0.2) is 4.98 Å². The summed E-state index contributed by atoms with van der Waals surface area (Å²) in [6.45, 7) is 8.79. The van der Waals surface area contributed by atoms with Gasteiger partial charge in [0.15, 0.2) is 0 Å². The summed E-state index contributed by atoms with van der Waals surface area (Å²) in [6, 6.07) is 1.93. The Bertz CT molecular complexity index is 904. The lowest BCUT2D eigenvalue weighted by molar-refractivity contribution is -0.138. The van der Waals surface area contributed by atoms with Crippen LogP contribution in [0.25, 0.3) is 0 Å². The molecule has 2 aromatic heterocycles. The minimum atomic E-state index is -4.48. The predicted octanol–water partition coefficient (Wildman–Crippen LogP) is 4.59. The first kappa shape index (κ1) is 21.5. The van der Waals surface area contributed by atoms with Gasteiger partial charge in [0.2, 0.25) is 10.9 Å². The Morgan fingerprint density at radius 3 is 2.62 bits per heavy atom. The average Bonchev–Trinajstić information content (AvgIpc) is 3.03. The number of hydrogen-bond acceptors (Lipinski definition) is 6. The number of anilines is 2. The van der Waals surface area contributed by atoms with E-state index in [-0.39, 0.29) is 17.9 Å². The van der Waals surface area contributed by atoms with Crippen LogP contribution in [0.15, 0.2) is 6.07 Å². The Hall–Kier alpha value is -2.23. The van der Waals surface area contributed by atoms with E-state index < -0.39 is 11.2 Å². The Labute approximate surface area is 171 Å². The minimum absolute atomic E-state index is 0.0887. The van der Waals surface area contributed by atoms with E-state index >= 15 is 0 Å². The van der Waals surface area contributed by atoms with Crippen molar-refractivity contribution in [1.82, 2.24) is 15.2 Å². The van der Waals surface area contributed by atoms with Gasteiger partial charge in [-0.2, -0.15) is 13.2 Å². The molecular formula is C19H24F3N5OS. The summed E-state index contributed by atoms with van der Waals surface area (Å²) in [7, 11) is 0. The average molecular weight is 427 g/mol. The van der Waals surface area contributed by atoms with Crippen LogP contribution >= 0.6 is 11.3 Å². The second-order valence-electron chi connectivity index (χ2n) is 8.43. The van der Waals surface area contributed by atoms with E-state index in [1.165, 1.54) is 0 Å². The number of fused-ring (bicyclic) bond motifs is 1. The molecule has 0 radical (unpaired) electrons. The third-order valence-electron chi connectivity index (χ3n) is 4.44. The number of alkyl halides is 3. The van der Waals surface area contributed by atoms with E-state index in [1.54, 1.807) is 0 Å². The summed E-state index contributed by atoms with van der Waals surface area (Å²) in [5.74, 6) is 0.448. The summed E-state index contributed by atoms with van der Waals surface area (Å²) >= 11 is 0.563. The van der Waals surface area contributed by atoms with Gasteiger partial charge in [-0.15, -0.1) is 10.2 Å². The quantitative estimate of drug-likeness (QED) is 0.773. The molecule has 1 N–H and O–H groups in total. The third kappa shape index (κ3) is 5.43. The lowest BCUT2D eigenvalue weighted by atomic mass is 9.92. The normalized spacial score (nSPS) is 14.7. The molecule has 0 fully saturated rings. The number of halogens is 3. The first-order valence-corrected chi connectivity index (χ1v) is 10.2. The molecule has 3 heterocycles. The number of rotatable bonds is 4. The molecule has 1 aliphatic heterocycles. The molecule has 0 spiro atoms. The molecular weight excluding hydrogens is 403 g/mol. The fourth-order valence-corrected chi connectivity index (χ4v) is 3.92. The molecule has 0 saturated heterocycles. The first-order chi connectivity index (χ1) is 13.4.